The Kier molecular flexibility index (Phi) is 7.77. The van der Waals surface area contributed by atoms with Crippen molar-refractivity contribution in [2.75, 3.05) is 37.0 Å². The number of alkyl halides is 3. The number of ether oxygens (including phenoxy) is 1. The largest absolute Gasteiger partial charge is 0.436 e. The van der Waals surface area contributed by atoms with Crippen molar-refractivity contribution in [3.05, 3.63) is 70.9 Å². The number of aromatic nitrogens is 2. The van der Waals surface area contributed by atoms with Gasteiger partial charge in [-0.1, -0.05) is 6.07 Å². The number of hydrogen-bond acceptors (Lipinski definition) is 5. The van der Waals surface area contributed by atoms with Crippen molar-refractivity contribution in [2.45, 2.75) is 38.8 Å². The SMILES string of the molecule is CCN1CCC(CCOC)c2cc(-c3cc(NC(=O)c4ccnc(C(F)(F)F)c4F)ccc3C)cnc21. The number of carbonyl (C=O) groups is 1. The molecule has 3 heterocycles. The molecule has 1 unspecified atom stereocenters. The van der Waals surface area contributed by atoms with Crippen molar-refractivity contribution < 1.29 is 27.1 Å². The van der Waals surface area contributed by atoms with Gasteiger partial charge in [-0.05, 0) is 73.6 Å². The van der Waals surface area contributed by atoms with E-state index in [9.17, 15) is 22.4 Å². The Balaban J connectivity index is 1.66. The highest BCUT2D eigenvalue weighted by molar-refractivity contribution is 6.04. The molecule has 0 saturated carbocycles. The van der Waals surface area contributed by atoms with Crippen molar-refractivity contribution in [3.63, 3.8) is 0 Å². The van der Waals surface area contributed by atoms with Gasteiger partial charge < -0.3 is 15.0 Å². The van der Waals surface area contributed by atoms with Crippen LogP contribution in [-0.2, 0) is 10.9 Å². The minimum atomic E-state index is -5.01. The molecular weight excluding hydrogens is 488 g/mol. The van der Waals surface area contributed by atoms with E-state index in [-0.39, 0.29) is 0 Å². The van der Waals surface area contributed by atoms with Gasteiger partial charge in [0, 0.05) is 50.5 Å². The Labute approximate surface area is 212 Å². The standard InChI is InChI=1S/C27H28F4N4O2/c1-4-35-11-8-17(9-12-37-3)22-13-18(15-33-25(22)35)21-14-19(6-5-16(21)2)34-26(36)20-7-10-32-24(23(20)28)27(29,30)31/h5-7,10,13-15,17H,4,8-9,11-12H2,1-3H3,(H,34,36). The number of halogens is 4. The number of rotatable bonds is 7. The average molecular weight is 517 g/mol. The number of nitrogens with one attached hydrogen (secondary N) is 1. The first-order valence-corrected chi connectivity index (χ1v) is 12.0. The molecule has 1 aliphatic heterocycles. The first kappa shape index (κ1) is 26.5. The predicted molar refractivity (Wildman–Crippen MR) is 133 cm³/mol. The second-order valence-corrected chi connectivity index (χ2v) is 8.99. The molecule has 0 aliphatic carbocycles. The number of methoxy groups -OCH3 is 1. The van der Waals surface area contributed by atoms with E-state index in [4.69, 9.17) is 9.72 Å². The third-order valence-corrected chi connectivity index (χ3v) is 6.64. The highest BCUT2D eigenvalue weighted by Gasteiger charge is 2.37. The summed E-state index contributed by atoms with van der Waals surface area (Å²) in [5.74, 6) is -1.46. The van der Waals surface area contributed by atoms with E-state index < -0.39 is 29.2 Å². The molecule has 196 valence electrons. The van der Waals surface area contributed by atoms with Crippen LogP contribution in [-0.4, -0.2) is 42.7 Å². The molecule has 1 amide bonds. The maximum atomic E-state index is 14.4. The zero-order valence-electron chi connectivity index (χ0n) is 20.8. The molecule has 4 rings (SSSR count). The van der Waals surface area contributed by atoms with E-state index in [0.717, 1.165) is 66.3 Å². The number of fused-ring (bicyclic) bond motifs is 1. The molecule has 3 aromatic rings. The van der Waals surface area contributed by atoms with Gasteiger partial charge in [0.1, 0.15) is 5.82 Å². The first-order chi connectivity index (χ1) is 17.6. The van der Waals surface area contributed by atoms with Gasteiger partial charge >= 0.3 is 6.18 Å². The lowest BCUT2D eigenvalue weighted by atomic mass is 9.87. The Morgan fingerprint density at radius 1 is 1.22 bits per heavy atom. The number of benzene rings is 1. The molecule has 0 spiro atoms. The van der Waals surface area contributed by atoms with Gasteiger partial charge in [0.15, 0.2) is 11.5 Å². The van der Waals surface area contributed by atoms with Gasteiger partial charge in [-0.15, -0.1) is 0 Å². The van der Waals surface area contributed by atoms with Gasteiger partial charge in [-0.25, -0.2) is 14.4 Å². The normalized spacial score (nSPS) is 15.4. The van der Waals surface area contributed by atoms with E-state index in [2.05, 4.69) is 28.2 Å². The lowest BCUT2D eigenvalue weighted by Gasteiger charge is -2.34. The molecular formula is C27H28F4N4O2. The minimum absolute atomic E-state index is 0.297. The van der Waals surface area contributed by atoms with E-state index in [1.807, 2.05) is 6.92 Å². The number of carbonyl (C=O) groups excluding carboxylic acids is 1. The van der Waals surface area contributed by atoms with Crippen molar-refractivity contribution in [2.24, 2.45) is 0 Å². The molecule has 1 atom stereocenters. The van der Waals surface area contributed by atoms with Crippen LogP contribution in [0.3, 0.4) is 0 Å². The van der Waals surface area contributed by atoms with Crippen LogP contribution >= 0.6 is 0 Å². The summed E-state index contributed by atoms with van der Waals surface area (Å²) in [4.78, 5) is 22.7. The van der Waals surface area contributed by atoms with E-state index in [1.54, 1.807) is 31.5 Å². The fourth-order valence-electron chi connectivity index (χ4n) is 4.65. The Bertz CT molecular complexity index is 1300. The van der Waals surface area contributed by atoms with E-state index in [0.29, 0.717) is 18.2 Å². The topological polar surface area (TPSA) is 67.3 Å². The summed E-state index contributed by atoms with van der Waals surface area (Å²) in [6.07, 6.45) is -0.599. The molecule has 6 nitrogen and oxygen atoms in total. The molecule has 1 aromatic carbocycles. The zero-order chi connectivity index (χ0) is 26.7. The fourth-order valence-corrected chi connectivity index (χ4v) is 4.65. The monoisotopic (exact) mass is 516 g/mol. The second-order valence-electron chi connectivity index (χ2n) is 8.99. The van der Waals surface area contributed by atoms with Crippen LogP contribution < -0.4 is 10.2 Å². The summed E-state index contributed by atoms with van der Waals surface area (Å²) in [6, 6.07) is 8.14. The van der Waals surface area contributed by atoms with E-state index in [1.165, 1.54) is 0 Å². The molecule has 10 heteroatoms. The van der Waals surface area contributed by atoms with Crippen molar-refractivity contribution in [3.8, 4) is 11.1 Å². The highest BCUT2D eigenvalue weighted by atomic mass is 19.4. The van der Waals surface area contributed by atoms with Crippen LogP contribution in [0.5, 0.6) is 0 Å². The van der Waals surface area contributed by atoms with Crippen LogP contribution in [0.4, 0.5) is 29.1 Å². The highest BCUT2D eigenvalue weighted by Crippen LogP contribution is 2.39. The first-order valence-electron chi connectivity index (χ1n) is 12.0. The number of amides is 1. The van der Waals surface area contributed by atoms with Crippen molar-refractivity contribution >= 4 is 17.4 Å². The lowest BCUT2D eigenvalue weighted by Crippen LogP contribution is -2.32. The minimum Gasteiger partial charge on any atom is -0.385 e. The Morgan fingerprint density at radius 2 is 2.00 bits per heavy atom. The number of nitrogens with zero attached hydrogens (tertiary/aromatic N) is 3. The van der Waals surface area contributed by atoms with Crippen LogP contribution in [0.1, 0.15) is 52.9 Å². The Morgan fingerprint density at radius 3 is 2.70 bits per heavy atom. The van der Waals surface area contributed by atoms with Crippen LogP contribution in [0.2, 0.25) is 0 Å². The maximum Gasteiger partial charge on any atom is 0.436 e. The van der Waals surface area contributed by atoms with Gasteiger partial charge in [0.25, 0.3) is 5.91 Å². The summed E-state index contributed by atoms with van der Waals surface area (Å²) in [5.41, 5.74) is 1.56. The summed E-state index contributed by atoms with van der Waals surface area (Å²) < 4.78 is 58.8. The number of pyridine rings is 2. The number of aryl methyl sites for hydroxylation is 1. The summed E-state index contributed by atoms with van der Waals surface area (Å²) in [7, 11) is 1.68. The van der Waals surface area contributed by atoms with Crippen LogP contribution in [0.25, 0.3) is 11.1 Å². The van der Waals surface area contributed by atoms with Crippen LogP contribution in [0.15, 0.2) is 42.7 Å². The summed E-state index contributed by atoms with van der Waals surface area (Å²) in [6.45, 7) is 6.42. The predicted octanol–water partition coefficient (Wildman–Crippen LogP) is 6.21. The Hall–Kier alpha value is -3.53. The quantitative estimate of drug-likeness (QED) is 0.378. The molecule has 0 bridgehead atoms. The summed E-state index contributed by atoms with van der Waals surface area (Å²) >= 11 is 0. The third kappa shape index (κ3) is 5.58. The van der Waals surface area contributed by atoms with E-state index >= 15 is 0 Å². The number of anilines is 2. The fraction of sp³-hybridized carbons (Fsp3) is 0.370. The molecule has 0 radical (unpaired) electrons. The van der Waals surface area contributed by atoms with Gasteiger partial charge in [0.2, 0.25) is 0 Å². The average Bonchev–Trinajstić information content (AvgIpc) is 2.87. The van der Waals surface area contributed by atoms with Gasteiger partial charge in [-0.3, -0.25) is 4.79 Å². The summed E-state index contributed by atoms with van der Waals surface area (Å²) in [5, 5.41) is 2.51. The molecule has 0 saturated heterocycles. The molecule has 1 N–H and O–H groups in total. The number of hydrogen-bond donors (Lipinski definition) is 1. The smallest absolute Gasteiger partial charge is 0.385 e. The molecule has 0 fully saturated rings. The zero-order valence-corrected chi connectivity index (χ0v) is 20.8. The second kappa shape index (κ2) is 10.8. The van der Waals surface area contributed by atoms with Crippen molar-refractivity contribution in [1.29, 1.82) is 0 Å². The molecule has 1 aliphatic rings. The third-order valence-electron chi connectivity index (χ3n) is 6.64. The van der Waals surface area contributed by atoms with Crippen molar-refractivity contribution in [1.82, 2.24) is 9.97 Å². The maximum absolute atomic E-state index is 14.4. The van der Waals surface area contributed by atoms with Gasteiger partial charge in [0.05, 0.1) is 5.56 Å². The van der Waals surface area contributed by atoms with Crippen LogP contribution in [0, 0.1) is 12.7 Å². The van der Waals surface area contributed by atoms with Gasteiger partial charge in [-0.2, -0.15) is 13.2 Å². The lowest BCUT2D eigenvalue weighted by molar-refractivity contribution is -0.143. The molecule has 2 aromatic heterocycles. The molecule has 37 heavy (non-hydrogen) atoms.